The van der Waals surface area contributed by atoms with E-state index in [2.05, 4.69) is 35.1 Å². The molecule has 2 aromatic rings. The SMILES string of the molecule is Cc1cccc2c1N(Cc1cnn([C@]3(C)CCS(=O)(=O)C3)c1)CC2. The van der Waals surface area contributed by atoms with Crippen molar-refractivity contribution in [2.75, 3.05) is 23.0 Å². The standard InChI is InChI=1S/C18H23N3O2S/c1-14-4-3-5-16-6-8-20(17(14)16)11-15-10-19-21(12-15)18(2)7-9-24(22,23)13-18/h3-5,10,12H,6-9,11,13H2,1-2H3/t18-/m1/s1. The topological polar surface area (TPSA) is 55.2 Å². The predicted molar refractivity (Wildman–Crippen MR) is 95.1 cm³/mol. The highest BCUT2D eigenvalue weighted by molar-refractivity contribution is 7.91. The molecule has 0 spiro atoms. The number of nitrogens with zero attached hydrogens (tertiary/aromatic N) is 3. The van der Waals surface area contributed by atoms with Gasteiger partial charge in [-0.05, 0) is 37.8 Å². The molecule has 0 bridgehead atoms. The predicted octanol–water partition coefficient (Wildman–Crippen LogP) is 2.29. The van der Waals surface area contributed by atoms with Crippen molar-refractivity contribution >= 4 is 15.5 Å². The number of hydrogen-bond donors (Lipinski definition) is 0. The maximum absolute atomic E-state index is 11.8. The van der Waals surface area contributed by atoms with Crippen molar-refractivity contribution in [2.45, 2.75) is 38.8 Å². The van der Waals surface area contributed by atoms with Crippen LogP contribution in [0.2, 0.25) is 0 Å². The van der Waals surface area contributed by atoms with E-state index >= 15 is 0 Å². The molecule has 6 heteroatoms. The third-order valence-electron chi connectivity index (χ3n) is 5.33. The second-order valence-electron chi connectivity index (χ2n) is 7.39. The number of hydrogen-bond acceptors (Lipinski definition) is 4. The zero-order valence-electron chi connectivity index (χ0n) is 14.2. The lowest BCUT2D eigenvalue weighted by atomic mass is 10.0. The minimum Gasteiger partial charge on any atom is -0.366 e. The maximum atomic E-state index is 11.8. The van der Waals surface area contributed by atoms with Gasteiger partial charge in [0.1, 0.15) is 0 Å². The van der Waals surface area contributed by atoms with Gasteiger partial charge in [-0.15, -0.1) is 0 Å². The fourth-order valence-corrected chi connectivity index (χ4v) is 6.15. The lowest BCUT2D eigenvalue weighted by molar-refractivity contribution is 0.328. The summed E-state index contributed by atoms with van der Waals surface area (Å²) in [6.07, 6.45) is 5.63. The van der Waals surface area contributed by atoms with Gasteiger partial charge in [-0.1, -0.05) is 18.2 Å². The third kappa shape index (κ3) is 2.62. The van der Waals surface area contributed by atoms with Gasteiger partial charge in [0.2, 0.25) is 0 Å². The number of aromatic nitrogens is 2. The molecule has 0 saturated carbocycles. The largest absolute Gasteiger partial charge is 0.366 e. The van der Waals surface area contributed by atoms with Gasteiger partial charge < -0.3 is 4.90 Å². The van der Waals surface area contributed by atoms with Crippen molar-refractivity contribution in [3.05, 3.63) is 47.3 Å². The van der Waals surface area contributed by atoms with E-state index in [9.17, 15) is 8.42 Å². The molecule has 3 heterocycles. The van der Waals surface area contributed by atoms with Crippen molar-refractivity contribution in [3.63, 3.8) is 0 Å². The molecule has 4 rings (SSSR count). The molecule has 0 amide bonds. The van der Waals surface area contributed by atoms with Crippen LogP contribution in [0.25, 0.3) is 0 Å². The van der Waals surface area contributed by atoms with E-state index in [4.69, 9.17) is 0 Å². The minimum atomic E-state index is -2.93. The summed E-state index contributed by atoms with van der Waals surface area (Å²) in [5.74, 6) is 0.449. The van der Waals surface area contributed by atoms with Crippen LogP contribution in [-0.4, -0.2) is 36.2 Å². The normalized spacial score (nSPS) is 25.2. The molecule has 1 aromatic carbocycles. The molecule has 1 atom stereocenters. The number of para-hydroxylation sites is 1. The van der Waals surface area contributed by atoms with E-state index in [1.54, 1.807) is 0 Å². The first-order chi connectivity index (χ1) is 11.4. The summed E-state index contributed by atoms with van der Waals surface area (Å²) in [5.41, 5.74) is 4.80. The zero-order chi connectivity index (χ0) is 16.9. The first-order valence-corrected chi connectivity index (χ1v) is 10.3. The second-order valence-corrected chi connectivity index (χ2v) is 9.57. The number of rotatable bonds is 3. The summed E-state index contributed by atoms with van der Waals surface area (Å²) >= 11 is 0. The number of sulfone groups is 1. The van der Waals surface area contributed by atoms with Crippen LogP contribution >= 0.6 is 0 Å². The lowest BCUT2D eigenvalue weighted by Crippen LogP contribution is -2.31. The van der Waals surface area contributed by atoms with Crippen LogP contribution < -0.4 is 4.90 Å². The van der Waals surface area contributed by atoms with Crippen LogP contribution in [0.5, 0.6) is 0 Å². The van der Waals surface area contributed by atoms with E-state index in [-0.39, 0.29) is 11.5 Å². The Morgan fingerprint density at radius 2 is 2.17 bits per heavy atom. The number of fused-ring (bicyclic) bond motifs is 1. The van der Waals surface area contributed by atoms with Crippen LogP contribution in [0.1, 0.15) is 30.0 Å². The number of aryl methyl sites for hydroxylation is 1. The Bertz CT molecular complexity index is 887. The molecule has 0 N–H and O–H groups in total. The molecule has 0 aliphatic carbocycles. The van der Waals surface area contributed by atoms with Gasteiger partial charge in [0, 0.05) is 30.5 Å². The van der Waals surface area contributed by atoms with E-state index in [0.29, 0.717) is 6.42 Å². The molecule has 128 valence electrons. The average molecular weight is 345 g/mol. The Labute approximate surface area is 143 Å². The molecule has 2 aliphatic rings. The van der Waals surface area contributed by atoms with Crippen LogP contribution in [-0.2, 0) is 28.3 Å². The van der Waals surface area contributed by atoms with Gasteiger partial charge in [0.25, 0.3) is 0 Å². The zero-order valence-corrected chi connectivity index (χ0v) is 15.0. The van der Waals surface area contributed by atoms with Crippen LogP contribution in [0.15, 0.2) is 30.6 Å². The summed E-state index contributed by atoms with van der Waals surface area (Å²) in [4.78, 5) is 2.40. The van der Waals surface area contributed by atoms with E-state index in [1.807, 2.05) is 24.0 Å². The lowest BCUT2D eigenvalue weighted by Gasteiger charge is -2.23. The van der Waals surface area contributed by atoms with Crippen LogP contribution in [0.3, 0.4) is 0 Å². The van der Waals surface area contributed by atoms with Gasteiger partial charge in [0.15, 0.2) is 9.84 Å². The Hall–Kier alpha value is -1.82. The average Bonchev–Trinajstić information content (AvgIpc) is 3.20. The second kappa shape index (κ2) is 5.34. The molecular formula is C18H23N3O2S. The highest BCUT2D eigenvalue weighted by atomic mass is 32.2. The summed E-state index contributed by atoms with van der Waals surface area (Å²) in [6.45, 7) is 5.99. The number of anilines is 1. The first-order valence-electron chi connectivity index (χ1n) is 8.44. The Morgan fingerprint density at radius 3 is 2.92 bits per heavy atom. The Balaban J connectivity index is 1.56. The highest BCUT2D eigenvalue weighted by Gasteiger charge is 2.40. The molecule has 2 aliphatic heterocycles. The van der Waals surface area contributed by atoms with E-state index in [1.165, 1.54) is 16.8 Å². The van der Waals surface area contributed by atoms with E-state index < -0.39 is 15.4 Å². The summed E-state index contributed by atoms with van der Waals surface area (Å²) in [6, 6.07) is 6.48. The Kier molecular flexibility index (Phi) is 3.49. The Morgan fingerprint density at radius 1 is 1.33 bits per heavy atom. The fourth-order valence-electron chi connectivity index (χ4n) is 4.03. The molecule has 1 aromatic heterocycles. The number of benzene rings is 1. The molecule has 0 unspecified atom stereocenters. The van der Waals surface area contributed by atoms with Crippen molar-refractivity contribution in [2.24, 2.45) is 0 Å². The van der Waals surface area contributed by atoms with Crippen molar-refractivity contribution in [1.29, 1.82) is 0 Å². The minimum absolute atomic E-state index is 0.187. The van der Waals surface area contributed by atoms with Crippen molar-refractivity contribution in [3.8, 4) is 0 Å². The summed E-state index contributed by atoms with van der Waals surface area (Å²) in [7, 11) is -2.93. The van der Waals surface area contributed by atoms with Crippen molar-refractivity contribution < 1.29 is 8.42 Å². The smallest absolute Gasteiger partial charge is 0.152 e. The van der Waals surface area contributed by atoms with Gasteiger partial charge in [-0.3, -0.25) is 4.68 Å². The first kappa shape index (κ1) is 15.7. The molecule has 1 fully saturated rings. The van der Waals surface area contributed by atoms with Gasteiger partial charge >= 0.3 is 0 Å². The van der Waals surface area contributed by atoms with Gasteiger partial charge in [0.05, 0.1) is 23.2 Å². The molecule has 0 radical (unpaired) electrons. The summed E-state index contributed by atoms with van der Waals surface area (Å²) < 4.78 is 25.5. The molecular weight excluding hydrogens is 322 g/mol. The van der Waals surface area contributed by atoms with E-state index in [0.717, 1.165) is 25.1 Å². The van der Waals surface area contributed by atoms with Gasteiger partial charge in [-0.25, -0.2) is 8.42 Å². The maximum Gasteiger partial charge on any atom is 0.152 e. The molecule has 1 saturated heterocycles. The van der Waals surface area contributed by atoms with Crippen LogP contribution in [0, 0.1) is 6.92 Å². The quantitative estimate of drug-likeness (QED) is 0.856. The van der Waals surface area contributed by atoms with Crippen LogP contribution in [0.4, 0.5) is 5.69 Å². The fraction of sp³-hybridized carbons (Fsp3) is 0.500. The molecule has 24 heavy (non-hydrogen) atoms. The third-order valence-corrected chi connectivity index (χ3v) is 7.22. The van der Waals surface area contributed by atoms with Crippen molar-refractivity contribution in [1.82, 2.24) is 9.78 Å². The van der Waals surface area contributed by atoms with Gasteiger partial charge in [-0.2, -0.15) is 5.10 Å². The summed E-state index contributed by atoms with van der Waals surface area (Å²) in [5, 5.41) is 4.48. The molecule has 5 nitrogen and oxygen atoms in total. The monoisotopic (exact) mass is 345 g/mol. The highest BCUT2D eigenvalue weighted by Crippen LogP contribution is 2.33.